The molecule has 0 rings (SSSR count). The predicted molar refractivity (Wildman–Crippen MR) is 50.5 cm³/mol. The van der Waals surface area contributed by atoms with Gasteiger partial charge < -0.3 is 10.2 Å². The third kappa shape index (κ3) is 7.88. The minimum atomic E-state index is -0.947. The molecule has 1 atom stereocenters. The normalized spacial score (nSPS) is 14.3. The van der Waals surface area contributed by atoms with Gasteiger partial charge in [-0.2, -0.15) is 11.8 Å². The van der Waals surface area contributed by atoms with Gasteiger partial charge in [0.2, 0.25) is 0 Å². The first-order chi connectivity index (χ1) is 5.31. The zero-order valence-electron chi connectivity index (χ0n) is 7.70. The molecule has 0 amide bonds. The number of hydrogen-bond acceptors (Lipinski definition) is 3. The molecule has 0 aliphatic rings. The first kappa shape index (κ1) is 11.8. The van der Waals surface area contributed by atoms with Crippen molar-refractivity contribution in [2.24, 2.45) is 0 Å². The first-order valence-electron chi connectivity index (χ1n) is 3.85. The molecule has 0 aromatic carbocycles. The van der Waals surface area contributed by atoms with Gasteiger partial charge in [-0.15, -0.1) is 0 Å². The van der Waals surface area contributed by atoms with E-state index in [4.69, 9.17) is 5.11 Å². The van der Waals surface area contributed by atoms with Crippen LogP contribution in [0.5, 0.6) is 0 Å². The largest absolute Gasteiger partial charge is 0.481 e. The number of aliphatic hydroxyl groups is 1. The number of aliphatic carboxylic acids is 1. The van der Waals surface area contributed by atoms with E-state index in [1.807, 2.05) is 20.8 Å². The minimum absolute atomic E-state index is 0.0828. The summed E-state index contributed by atoms with van der Waals surface area (Å²) in [5, 5.41) is 17.5. The van der Waals surface area contributed by atoms with Crippen molar-refractivity contribution in [2.75, 3.05) is 5.75 Å². The maximum Gasteiger partial charge on any atom is 0.306 e. The molecule has 0 aliphatic carbocycles. The third-order valence-electron chi connectivity index (χ3n) is 1.12. The second-order valence-electron chi connectivity index (χ2n) is 3.68. The second-order valence-corrected chi connectivity index (χ2v) is 5.52. The van der Waals surface area contributed by atoms with E-state index in [-0.39, 0.29) is 11.2 Å². The van der Waals surface area contributed by atoms with Crippen LogP contribution < -0.4 is 0 Å². The van der Waals surface area contributed by atoms with Crippen LogP contribution in [0.15, 0.2) is 0 Å². The van der Waals surface area contributed by atoms with Crippen molar-refractivity contribution in [1.82, 2.24) is 0 Å². The lowest BCUT2D eigenvalue weighted by Gasteiger charge is -2.19. The average Bonchev–Trinajstić information content (AvgIpc) is 1.80. The van der Waals surface area contributed by atoms with Crippen LogP contribution >= 0.6 is 11.8 Å². The van der Waals surface area contributed by atoms with E-state index < -0.39 is 12.1 Å². The van der Waals surface area contributed by atoms with Gasteiger partial charge in [0.05, 0.1) is 12.5 Å². The molecule has 0 saturated heterocycles. The zero-order valence-corrected chi connectivity index (χ0v) is 8.52. The Morgan fingerprint density at radius 1 is 1.50 bits per heavy atom. The fraction of sp³-hybridized carbons (Fsp3) is 0.875. The Morgan fingerprint density at radius 2 is 2.00 bits per heavy atom. The number of carbonyl (C=O) groups is 1. The van der Waals surface area contributed by atoms with Crippen molar-refractivity contribution in [3.63, 3.8) is 0 Å². The molecule has 0 heterocycles. The van der Waals surface area contributed by atoms with Crippen LogP contribution in [-0.4, -0.2) is 32.8 Å². The van der Waals surface area contributed by atoms with Crippen molar-refractivity contribution >= 4 is 17.7 Å². The summed E-state index contributed by atoms with van der Waals surface area (Å²) in [6.45, 7) is 6.10. The van der Waals surface area contributed by atoms with Crippen molar-refractivity contribution in [1.29, 1.82) is 0 Å². The van der Waals surface area contributed by atoms with Crippen LogP contribution in [0.1, 0.15) is 27.2 Å². The summed E-state index contributed by atoms with van der Waals surface area (Å²) >= 11 is 1.57. The summed E-state index contributed by atoms with van der Waals surface area (Å²) in [7, 11) is 0. The second kappa shape index (κ2) is 4.72. The fourth-order valence-corrected chi connectivity index (χ4v) is 1.42. The van der Waals surface area contributed by atoms with Gasteiger partial charge >= 0.3 is 5.97 Å². The van der Waals surface area contributed by atoms with E-state index >= 15 is 0 Å². The SMILES string of the molecule is CC(C)(C)SCC(O)CC(=O)O. The van der Waals surface area contributed by atoms with Gasteiger partial charge in [-0.05, 0) is 0 Å². The number of hydrogen-bond donors (Lipinski definition) is 2. The average molecular weight is 192 g/mol. The summed E-state index contributed by atoms with van der Waals surface area (Å²) in [4.78, 5) is 10.2. The van der Waals surface area contributed by atoms with Crippen molar-refractivity contribution in [3.8, 4) is 0 Å². The van der Waals surface area contributed by atoms with E-state index in [2.05, 4.69) is 0 Å². The number of thioether (sulfide) groups is 1. The highest BCUT2D eigenvalue weighted by Crippen LogP contribution is 2.24. The molecular formula is C8H16O3S. The Morgan fingerprint density at radius 3 is 2.33 bits per heavy atom. The molecule has 0 spiro atoms. The predicted octanol–water partition coefficient (Wildman–Crippen LogP) is 1.35. The molecular weight excluding hydrogens is 176 g/mol. The van der Waals surface area contributed by atoms with Gasteiger partial charge in [0.15, 0.2) is 0 Å². The van der Waals surface area contributed by atoms with Gasteiger partial charge in [-0.3, -0.25) is 4.79 Å². The topological polar surface area (TPSA) is 57.5 Å². The Kier molecular flexibility index (Phi) is 4.63. The van der Waals surface area contributed by atoms with Crippen LogP contribution in [0.4, 0.5) is 0 Å². The molecule has 0 saturated carbocycles. The van der Waals surface area contributed by atoms with Crippen LogP contribution in [-0.2, 0) is 4.79 Å². The van der Waals surface area contributed by atoms with E-state index in [1.165, 1.54) is 0 Å². The molecule has 12 heavy (non-hydrogen) atoms. The summed E-state index contributed by atoms with van der Waals surface area (Å²) < 4.78 is 0.0828. The highest BCUT2D eigenvalue weighted by molar-refractivity contribution is 8.00. The standard InChI is InChI=1S/C8H16O3S/c1-8(2,3)12-5-6(9)4-7(10)11/h6,9H,4-5H2,1-3H3,(H,10,11). The van der Waals surface area contributed by atoms with E-state index in [1.54, 1.807) is 11.8 Å². The maximum absolute atomic E-state index is 10.2. The summed E-state index contributed by atoms with van der Waals surface area (Å²) in [6.07, 6.45) is -0.893. The fourth-order valence-electron chi connectivity index (χ4n) is 0.607. The Balaban J connectivity index is 3.57. The Labute approximate surface area is 77.2 Å². The lowest BCUT2D eigenvalue weighted by molar-refractivity contribution is -0.138. The van der Waals surface area contributed by atoms with Gasteiger partial charge in [0.1, 0.15) is 0 Å². The highest BCUT2D eigenvalue weighted by Gasteiger charge is 2.15. The Hall–Kier alpha value is -0.220. The van der Waals surface area contributed by atoms with Gasteiger partial charge in [0.25, 0.3) is 0 Å². The van der Waals surface area contributed by atoms with Gasteiger partial charge in [-0.1, -0.05) is 20.8 Å². The van der Waals surface area contributed by atoms with E-state index in [9.17, 15) is 9.90 Å². The molecule has 0 fully saturated rings. The molecule has 3 nitrogen and oxygen atoms in total. The number of aliphatic hydroxyl groups excluding tert-OH is 1. The summed E-state index contributed by atoms with van der Waals surface area (Å²) in [5.41, 5.74) is 0. The number of carboxylic acids is 1. The van der Waals surface area contributed by atoms with E-state index in [0.717, 1.165) is 0 Å². The first-order valence-corrected chi connectivity index (χ1v) is 4.83. The molecule has 0 aromatic rings. The van der Waals surface area contributed by atoms with E-state index in [0.29, 0.717) is 5.75 Å². The lowest BCUT2D eigenvalue weighted by atomic mass is 10.3. The smallest absolute Gasteiger partial charge is 0.306 e. The van der Waals surface area contributed by atoms with Crippen LogP contribution in [0, 0.1) is 0 Å². The summed E-state index contributed by atoms with van der Waals surface area (Å²) in [5.74, 6) is -0.465. The number of carboxylic acid groups (broad SMARTS) is 1. The molecule has 0 aromatic heterocycles. The van der Waals surface area contributed by atoms with Gasteiger partial charge in [0, 0.05) is 10.5 Å². The van der Waals surface area contributed by atoms with Crippen LogP contribution in [0.25, 0.3) is 0 Å². The lowest BCUT2D eigenvalue weighted by Crippen LogP contribution is -2.19. The minimum Gasteiger partial charge on any atom is -0.481 e. The molecule has 1 unspecified atom stereocenters. The molecule has 2 N–H and O–H groups in total. The van der Waals surface area contributed by atoms with Crippen LogP contribution in [0.2, 0.25) is 0 Å². The third-order valence-corrected chi connectivity index (χ3v) is 2.54. The van der Waals surface area contributed by atoms with Crippen molar-refractivity contribution in [3.05, 3.63) is 0 Å². The van der Waals surface area contributed by atoms with Crippen molar-refractivity contribution in [2.45, 2.75) is 38.0 Å². The zero-order chi connectivity index (χ0) is 9.78. The van der Waals surface area contributed by atoms with Crippen molar-refractivity contribution < 1.29 is 15.0 Å². The summed E-state index contributed by atoms with van der Waals surface area (Å²) in [6, 6.07) is 0. The molecule has 0 radical (unpaired) electrons. The quantitative estimate of drug-likeness (QED) is 0.706. The Bertz CT molecular complexity index is 151. The molecule has 0 aliphatic heterocycles. The highest BCUT2D eigenvalue weighted by atomic mass is 32.2. The molecule has 72 valence electrons. The van der Waals surface area contributed by atoms with Crippen LogP contribution in [0.3, 0.4) is 0 Å². The monoisotopic (exact) mass is 192 g/mol. The maximum atomic E-state index is 10.2. The molecule has 4 heteroatoms. The van der Waals surface area contributed by atoms with Gasteiger partial charge in [-0.25, -0.2) is 0 Å². The molecule has 0 bridgehead atoms. The number of rotatable bonds is 4.